The molecule has 1 aromatic heterocycles. The predicted octanol–water partition coefficient (Wildman–Crippen LogP) is 2.27. The van der Waals surface area contributed by atoms with Crippen LogP contribution in [-0.4, -0.2) is 61.3 Å². The van der Waals surface area contributed by atoms with E-state index in [1.165, 1.54) is 0 Å². The van der Waals surface area contributed by atoms with Gasteiger partial charge in [-0.15, -0.1) is 0 Å². The van der Waals surface area contributed by atoms with Gasteiger partial charge in [-0.2, -0.15) is 0 Å². The van der Waals surface area contributed by atoms with E-state index < -0.39 is 0 Å². The summed E-state index contributed by atoms with van der Waals surface area (Å²) in [4.78, 5) is 17.1. The number of aromatic nitrogens is 1. The quantitative estimate of drug-likeness (QED) is 0.816. The van der Waals surface area contributed by atoms with E-state index in [1.54, 1.807) is 26.4 Å². The highest BCUT2D eigenvalue weighted by Crippen LogP contribution is 2.31. The molecule has 140 valence electrons. The third-order valence-electron chi connectivity index (χ3n) is 4.86. The zero-order valence-electron chi connectivity index (χ0n) is 15.7. The van der Waals surface area contributed by atoms with Crippen LogP contribution in [0.25, 0.3) is 0 Å². The third kappa shape index (κ3) is 3.53. The fraction of sp³-hybridized carbons (Fsp3) is 0.474. The molecule has 0 radical (unpaired) electrons. The number of hydrogen-bond acceptors (Lipinski definition) is 6. The number of amides is 1. The van der Waals surface area contributed by atoms with Crippen LogP contribution in [-0.2, 0) is 6.54 Å². The first-order chi connectivity index (χ1) is 12.5. The Kier molecular flexibility index (Phi) is 5.46. The number of carbonyl (C=O) groups excluding carboxylic acids is 1. The molecule has 0 unspecified atom stereocenters. The summed E-state index contributed by atoms with van der Waals surface area (Å²) in [6, 6.07) is 5.37. The second-order valence-corrected chi connectivity index (χ2v) is 6.41. The second kappa shape index (κ2) is 7.78. The van der Waals surface area contributed by atoms with Crippen molar-refractivity contribution in [2.75, 3.05) is 40.4 Å². The van der Waals surface area contributed by atoms with Gasteiger partial charge in [0.15, 0.2) is 11.5 Å². The van der Waals surface area contributed by atoms with Crippen LogP contribution < -0.4 is 9.47 Å². The summed E-state index contributed by atoms with van der Waals surface area (Å²) < 4.78 is 15.9. The number of rotatable bonds is 5. The van der Waals surface area contributed by atoms with Crippen molar-refractivity contribution in [3.8, 4) is 11.5 Å². The molecule has 3 rings (SSSR count). The summed E-state index contributed by atoms with van der Waals surface area (Å²) in [6.45, 7) is 7.64. The summed E-state index contributed by atoms with van der Waals surface area (Å²) in [5.41, 5.74) is 2.60. The Balaban J connectivity index is 1.66. The zero-order chi connectivity index (χ0) is 18.7. The smallest absolute Gasteiger partial charge is 0.257 e. The summed E-state index contributed by atoms with van der Waals surface area (Å²) in [6.07, 6.45) is 0. The highest BCUT2D eigenvalue weighted by molar-refractivity contribution is 5.97. The molecule has 0 saturated carbocycles. The average molecular weight is 359 g/mol. The predicted molar refractivity (Wildman–Crippen MR) is 96.7 cm³/mol. The maximum absolute atomic E-state index is 12.9. The first kappa shape index (κ1) is 18.3. The van der Waals surface area contributed by atoms with E-state index in [9.17, 15) is 4.79 Å². The van der Waals surface area contributed by atoms with Gasteiger partial charge in [0, 0.05) is 38.3 Å². The van der Waals surface area contributed by atoms with Gasteiger partial charge in [-0.05, 0) is 26.0 Å². The molecule has 0 bridgehead atoms. The van der Waals surface area contributed by atoms with Crippen LogP contribution in [0.3, 0.4) is 0 Å². The van der Waals surface area contributed by atoms with Crippen molar-refractivity contribution in [1.82, 2.24) is 15.0 Å². The first-order valence-electron chi connectivity index (χ1n) is 8.69. The SMILES string of the molecule is COc1cccc(C(=O)N2CCN(Cc3c(C)noc3C)CC2)c1OC. The van der Waals surface area contributed by atoms with E-state index in [4.69, 9.17) is 14.0 Å². The average Bonchev–Trinajstić information content (AvgIpc) is 2.99. The normalized spacial score (nSPS) is 15.2. The number of carbonyl (C=O) groups is 1. The second-order valence-electron chi connectivity index (χ2n) is 6.41. The van der Waals surface area contributed by atoms with Crippen molar-refractivity contribution in [1.29, 1.82) is 0 Å². The van der Waals surface area contributed by atoms with E-state index in [0.29, 0.717) is 30.2 Å². The molecular weight excluding hydrogens is 334 g/mol. The van der Waals surface area contributed by atoms with Gasteiger partial charge in [-0.1, -0.05) is 11.2 Å². The molecule has 0 atom stereocenters. The zero-order valence-corrected chi connectivity index (χ0v) is 15.7. The third-order valence-corrected chi connectivity index (χ3v) is 4.86. The minimum Gasteiger partial charge on any atom is -0.493 e. The first-order valence-corrected chi connectivity index (χ1v) is 8.69. The van der Waals surface area contributed by atoms with Gasteiger partial charge in [-0.3, -0.25) is 9.69 Å². The van der Waals surface area contributed by atoms with Crippen molar-refractivity contribution in [2.24, 2.45) is 0 Å². The Bertz CT molecular complexity index is 760. The lowest BCUT2D eigenvalue weighted by Crippen LogP contribution is -2.48. The van der Waals surface area contributed by atoms with E-state index in [2.05, 4.69) is 10.1 Å². The van der Waals surface area contributed by atoms with Gasteiger partial charge < -0.3 is 18.9 Å². The fourth-order valence-electron chi connectivity index (χ4n) is 3.29. The number of nitrogens with zero attached hydrogens (tertiary/aromatic N) is 3. The van der Waals surface area contributed by atoms with E-state index in [0.717, 1.165) is 36.7 Å². The summed E-state index contributed by atoms with van der Waals surface area (Å²) in [5, 5.41) is 4.01. The summed E-state index contributed by atoms with van der Waals surface area (Å²) in [7, 11) is 3.12. The van der Waals surface area contributed by atoms with Crippen LogP contribution >= 0.6 is 0 Å². The number of ether oxygens (including phenoxy) is 2. The molecule has 7 nitrogen and oxygen atoms in total. The molecule has 0 N–H and O–H groups in total. The highest BCUT2D eigenvalue weighted by Gasteiger charge is 2.26. The van der Waals surface area contributed by atoms with E-state index in [-0.39, 0.29) is 5.91 Å². The van der Waals surface area contributed by atoms with Crippen molar-refractivity contribution >= 4 is 5.91 Å². The lowest BCUT2D eigenvalue weighted by atomic mass is 10.1. The van der Waals surface area contributed by atoms with Gasteiger partial charge in [0.2, 0.25) is 0 Å². The molecule has 0 aliphatic carbocycles. The molecule has 1 amide bonds. The Morgan fingerprint density at radius 2 is 1.88 bits per heavy atom. The van der Waals surface area contributed by atoms with Gasteiger partial charge in [0.05, 0.1) is 25.5 Å². The molecule has 1 aromatic carbocycles. The molecule has 7 heteroatoms. The molecule has 1 fully saturated rings. The Morgan fingerprint density at radius 3 is 2.46 bits per heavy atom. The van der Waals surface area contributed by atoms with Gasteiger partial charge in [0.25, 0.3) is 5.91 Å². The maximum atomic E-state index is 12.9. The molecule has 26 heavy (non-hydrogen) atoms. The van der Waals surface area contributed by atoms with Crippen molar-refractivity contribution < 1.29 is 18.8 Å². The number of piperazine rings is 1. The van der Waals surface area contributed by atoms with Gasteiger partial charge in [-0.25, -0.2) is 0 Å². The van der Waals surface area contributed by atoms with Crippen molar-refractivity contribution in [3.05, 3.63) is 40.8 Å². The van der Waals surface area contributed by atoms with Crippen LogP contribution in [0.15, 0.2) is 22.7 Å². The standard InChI is InChI=1S/C19H25N3O4/c1-13-16(14(2)26-20-13)12-21-8-10-22(11-9-21)19(23)15-6-5-7-17(24-3)18(15)25-4/h5-7H,8-12H2,1-4H3. The molecule has 1 saturated heterocycles. The number of benzene rings is 1. The molecule has 1 aliphatic heterocycles. The van der Waals surface area contributed by atoms with Gasteiger partial charge >= 0.3 is 0 Å². The molecular formula is C19H25N3O4. The lowest BCUT2D eigenvalue weighted by Gasteiger charge is -2.35. The number of para-hydroxylation sites is 1. The molecule has 1 aliphatic rings. The van der Waals surface area contributed by atoms with E-state index >= 15 is 0 Å². The van der Waals surface area contributed by atoms with Crippen LogP contribution in [0.2, 0.25) is 0 Å². The van der Waals surface area contributed by atoms with Crippen LogP contribution in [0.1, 0.15) is 27.4 Å². The lowest BCUT2D eigenvalue weighted by molar-refractivity contribution is 0.0624. The molecule has 2 aromatic rings. The van der Waals surface area contributed by atoms with Gasteiger partial charge in [0.1, 0.15) is 5.76 Å². The minimum absolute atomic E-state index is 0.0299. The Labute approximate surface area is 153 Å². The van der Waals surface area contributed by atoms with Crippen LogP contribution in [0, 0.1) is 13.8 Å². The van der Waals surface area contributed by atoms with Crippen LogP contribution in [0.5, 0.6) is 11.5 Å². The molecule has 2 heterocycles. The largest absolute Gasteiger partial charge is 0.493 e. The monoisotopic (exact) mass is 359 g/mol. The fourth-order valence-corrected chi connectivity index (χ4v) is 3.29. The Hall–Kier alpha value is -2.54. The van der Waals surface area contributed by atoms with Crippen LogP contribution in [0.4, 0.5) is 0 Å². The van der Waals surface area contributed by atoms with E-state index in [1.807, 2.05) is 24.8 Å². The number of methoxy groups -OCH3 is 2. The topological polar surface area (TPSA) is 68.0 Å². The Morgan fingerprint density at radius 1 is 1.15 bits per heavy atom. The number of aryl methyl sites for hydroxylation is 2. The molecule has 0 spiro atoms. The summed E-state index contributed by atoms with van der Waals surface area (Å²) >= 11 is 0. The minimum atomic E-state index is -0.0299. The van der Waals surface area contributed by atoms with Crippen molar-refractivity contribution in [2.45, 2.75) is 20.4 Å². The highest BCUT2D eigenvalue weighted by atomic mass is 16.5. The summed E-state index contributed by atoms with van der Waals surface area (Å²) in [5.74, 6) is 1.88. The van der Waals surface area contributed by atoms with Crippen molar-refractivity contribution in [3.63, 3.8) is 0 Å². The number of hydrogen-bond donors (Lipinski definition) is 0. The maximum Gasteiger partial charge on any atom is 0.257 e.